The number of hydrogen-bond donors (Lipinski definition) is 9. The standard InChI is InChI=1S/C48H73N11O8.Co.2H2O/c1-23(60)22-55-38(67)16-17-45(6)29(18-35(52)64)43-48(9)47(8,21-37(54)66)28(12-15-34(51)63)40(59-48)25(3)42-46(7,20-36(53)65)26(10-13-32(49)61)30(56-42)19-31-44(4,5)27(11-14-33(50)62)39(57-31)24(2)41(45)58-43;;;/h19,23,26-29,43,56,60H,10-18,20-22H2,1-9H3,(H2,49,61)(H2,50,62)(H2,51,63)(H2,52,64)(H2,53,65)(H2,54,66)(H,55,67);;2*1H2/q;+3;;/p-1/b30-19-,39-24-,42-25-;;;/t23-,26?,27-,28-,29+,43?,45-,46+,47+,48+;;;/m1.../s1. The molecule has 0 aromatic heterocycles. The Morgan fingerprint density at radius 2 is 1.27 bits per heavy atom. The van der Waals surface area contributed by atoms with E-state index >= 15 is 0 Å². The number of hydrogen-bond acceptors (Lipinski definition) is 13. The third-order valence-electron chi connectivity index (χ3n) is 16.1. The predicted octanol–water partition coefficient (Wildman–Crippen LogP) is 0.732. The van der Waals surface area contributed by atoms with E-state index in [1.165, 1.54) is 0 Å². The Morgan fingerprint density at radius 1 is 0.743 bits per heavy atom. The Labute approximate surface area is 420 Å². The van der Waals surface area contributed by atoms with Crippen molar-refractivity contribution >= 4 is 58.5 Å². The molecule has 5 rings (SSSR count). The average Bonchev–Trinajstić information content (AvgIpc) is 3.80. The van der Waals surface area contributed by atoms with Crippen molar-refractivity contribution in [2.24, 2.45) is 94.7 Å². The molecule has 22 heteroatoms. The molecule has 0 aliphatic carbocycles. The van der Waals surface area contributed by atoms with Crippen molar-refractivity contribution in [3.8, 4) is 0 Å². The van der Waals surface area contributed by atoms with Gasteiger partial charge in [-0.15, -0.1) is 0 Å². The molecule has 5 heterocycles. The number of aliphatic hydroxyl groups excluding tert-OH is 1. The summed E-state index contributed by atoms with van der Waals surface area (Å²) in [6.07, 6.45) is 1.23. The van der Waals surface area contributed by atoms with Crippen LogP contribution in [0.1, 0.15) is 133 Å². The van der Waals surface area contributed by atoms with Crippen LogP contribution in [-0.2, 0) is 50.3 Å². The first kappa shape index (κ1) is 60.8. The number of carbonyl (C=O) groups is 7. The van der Waals surface area contributed by atoms with Crippen LogP contribution < -0.4 is 45.0 Å². The molecule has 10 atom stereocenters. The van der Waals surface area contributed by atoms with Crippen LogP contribution in [0.3, 0.4) is 0 Å². The van der Waals surface area contributed by atoms with Crippen molar-refractivity contribution in [2.45, 2.75) is 151 Å². The van der Waals surface area contributed by atoms with Crippen LogP contribution in [-0.4, -0.2) is 98.8 Å². The summed E-state index contributed by atoms with van der Waals surface area (Å²) >= 11 is 0. The maximum atomic E-state index is 13.5. The van der Waals surface area contributed by atoms with Gasteiger partial charge < -0.3 is 61.1 Å². The normalized spacial score (nSPS) is 33.7. The first-order valence-corrected chi connectivity index (χ1v) is 23.3. The van der Waals surface area contributed by atoms with Gasteiger partial charge in [-0.3, -0.25) is 48.5 Å². The van der Waals surface area contributed by atoms with E-state index < -0.39 is 98.5 Å². The van der Waals surface area contributed by atoms with E-state index in [4.69, 9.17) is 49.4 Å². The molecule has 2 unspecified atom stereocenters. The molecule has 21 nitrogen and oxygen atoms in total. The minimum atomic E-state index is -1.39. The summed E-state index contributed by atoms with van der Waals surface area (Å²) in [6.45, 7) is 16.9. The summed E-state index contributed by atoms with van der Waals surface area (Å²) in [4.78, 5) is 108. The summed E-state index contributed by atoms with van der Waals surface area (Å²) in [7, 11) is 0. The molecule has 0 aromatic rings. The molecular formula is C48H76CoN11O10+2. The summed E-state index contributed by atoms with van der Waals surface area (Å²) < 4.78 is 0. The molecular weight excluding hydrogens is 950 g/mol. The van der Waals surface area contributed by atoms with Crippen molar-refractivity contribution < 1.29 is 66.4 Å². The van der Waals surface area contributed by atoms with E-state index in [0.717, 1.165) is 0 Å². The van der Waals surface area contributed by atoms with Crippen LogP contribution in [0.2, 0.25) is 0 Å². The number of allylic oxidation sites excluding steroid dienone is 6. The van der Waals surface area contributed by atoms with Crippen molar-refractivity contribution in [3.05, 3.63) is 34.3 Å². The molecule has 1 saturated heterocycles. The van der Waals surface area contributed by atoms with E-state index in [9.17, 15) is 38.7 Å². The fourth-order valence-corrected chi connectivity index (χ4v) is 12.3. The third kappa shape index (κ3) is 11.4. The maximum absolute atomic E-state index is 13.5. The van der Waals surface area contributed by atoms with E-state index in [1.54, 1.807) is 6.92 Å². The predicted molar refractivity (Wildman–Crippen MR) is 259 cm³/mol. The van der Waals surface area contributed by atoms with Crippen LogP contribution in [0, 0.1) is 45.3 Å². The molecule has 390 valence electrons. The molecule has 18 N–H and O–H groups in total. The number of nitrogens with two attached hydrogens (primary N) is 6. The fourth-order valence-electron chi connectivity index (χ4n) is 12.3. The number of nitrogens with one attached hydrogen (secondary N) is 2. The van der Waals surface area contributed by atoms with Gasteiger partial charge >= 0.3 is 16.8 Å². The van der Waals surface area contributed by atoms with E-state index in [0.29, 0.717) is 51.8 Å². The van der Waals surface area contributed by atoms with Gasteiger partial charge in [-0.05, 0) is 70.6 Å². The van der Waals surface area contributed by atoms with Crippen LogP contribution in [0.25, 0.3) is 0 Å². The second kappa shape index (κ2) is 22.4. The van der Waals surface area contributed by atoms with Crippen LogP contribution in [0.15, 0.2) is 49.3 Å². The number of carbonyl (C=O) groups excluding carboxylic acids is 7. The van der Waals surface area contributed by atoms with Crippen molar-refractivity contribution in [1.29, 1.82) is 0 Å². The van der Waals surface area contributed by atoms with Crippen LogP contribution in [0.5, 0.6) is 0 Å². The van der Waals surface area contributed by atoms with Gasteiger partial charge in [0, 0.05) is 131 Å². The average molecular weight is 1030 g/mol. The van der Waals surface area contributed by atoms with Gasteiger partial charge in [0.05, 0.1) is 17.7 Å². The molecule has 0 aromatic carbocycles. The second-order valence-corrected chi connectivity index (χ2v) is 21.2. The minimum absolute atomic E-state index is 0. The van der Waals surface area contributed by atoms with Crippen molar-refractivity contribution in [2.75, 3.05) is 6.54 Å². The molecule has 5 aliphatic rings. The van der Waals surface area contributed by atoms with Gasteiger partial charge in [0.15, 0.2) is 0 Å². The van der Waals surface area contributed by atoms with Gasteiger partial charge in [-0.1, -0.05) is 34.6 Å². The summed E-state index contributed by atoms with van der Waals surface area (Å²) in [6, 6.07) is -0.913. The maximum Gasteiger partial charge on any atom is 3.00 e. The van der Waals surface area contributed by atoms with Crippen molar-refractivity contribution in [3.63, 3.8) is 0 Å². The quantitative estimate of drug-likeness (QED) is 0.0823. The Kier molecular flexibility index (Phi) is 19.5. The molecule has 70 heavy (non-hydrogen) atoms. The second-order valence-electron chi connectivity index (χ2n) is 21.2. The molecule has 0 saturated carbocycles. The number of fused-ring (bicyclic) bond motifs is 6. The Balaban J connectivity index is 0.00000560. The largest absolute Gasteiger partial charge is 3.00 e. The molecule has 0 spiro atoms. The molecule has 8 bridgehead atoms. The Hall–Kier alpha value is -5.29. The van der Waals surface area contributed by atoms with Gasteiger partial charge in [-0.2, -0.15) is 0 Å². The summed E-state index contributed by atoms with van der Waals surface area (Å²) in [5.74, 6) is -6.25. The molecule has 5 aliphatic heterocycles. The first-order valence-electron chi connectivity index (χ1n) is 23.3. The Bertz CT molecular complexity index is 2320. The van der Waals surface area contributed by atoms with Crippen molar-refractivity contribution in [1.82, 2.24) is 10.6 Å². The van der Waals surface area contributed by atoms with Crippen LogP contribution in [0.4, 0.5) is 0 Å². The van der Waals surface area contributed by atoms with E-state index in [-0.39, 0.29) is 104 Å². The SMILES string of the molecule is C/C1=C2N=C(/C=C3\N/C(=C(/C)C4=N[C@@](C)(C5N=C1[C@](C)(CCC(=O)NC[C@@H](C)O)[C@H]5CC(N)=O)[C@@](C)(CC(N)=O)[C@@H]4CCC(N)=O)[C@@](C)(CC(N)=O)C3CCC(N)=O)C(C)(C)[C@@H]/2CCC(N)=O.O.[Co+3].[OH-]. The molecule has 1 fully saturated rings. The topological polar surface area (TPSA) is 418 Å². The number of primary amides is 6. The molecule has 0 radical (unpaired) electrons. The van der Waals surface area contributed by atoms with Gasteiger partial charge in [-0.25, -0.2) is 0 Å². The minimum Gasteiger partial charge on any atom is -0.870 e. The number of amides is 7. The monoisotopic (exact) mass is 1030 g/mol. The number of nitrogens with zero attached hydrogens (tertiary/aromatic N) is 3. The third-order valence-corrected chi connectivity index (χ3v) is 16.1. The summed E-state index contributed by atoms with van der Waals surface area (Å²) in [5, 5.41) is 16.4. The van der Waals surface area contributed by atoms with Gasteiger partial charge in [0.1, 0.15) is 0 Å². The first-order chi connectivity index (χ1) is 30.9. The van der Waals surface area contributed by atoms with E-state index in [2.05, 4.69) is 10.6 Å². The summed E-state index contributed by atoms with van der Waals surface area (Å²) in [5.41, 5.74) is 34.9. The smallest absolute Gasteiger partial charge is 0.870 e. The number of aliphatic hydroxyl groups is 1. The molecule has 7 amide bonds. The fraction of sp³-hybridized carbons (Fsp3) is 0.667. The zero-order valence-electron chi connectivity index (χ0n) is 41.9. The van der Waals surface area contributed by atoms with Gasteiger partial charge in [0.25, 0.3) is 0 Å². The zero-order chi connectivity index (χ0) is 50.4. The van der Waals surface area contributed by atoms with Crippen LogP contribution >= 0.6 is 0 Å². The Morgan fingerprint density at radius 3 is 1.77 bits per heavy atom. The number of rotatable bonds is 20. The number of aliphatic imine (C=N–C) groups is 3. The zero-order valence-corrected chi connectivity index (χ0v) is 43.0. The van der Waals surface area contributed by atoms with E-state index in [1.807, 2.05) is 61.5 Å². The van der Waals surface area contributed by atoms with Gasteiger partial charge in [0.2, 0.25) is 41.4 Å².